The zero-order chi connectivity index (χ0) is 18.5. The zero-order valence-electron chi connectivity index (χ0n) is 14.3. The SMILES string of the molecule is O=C(O)C1CCC(CN(Cc2ccc(F)cc2F)c2ncccn2)CC1. The van der Waals surface area contributed by atoms with Crippen LogP contribution in [0.4, 0.5) is 14.7 Å². The normalized spacial score (nSPS) is 19.9. The van der Waals surface area contributed by atoms with E-state index < -0.39 is 17.6 Å². The minimum absolute atomic E-state index is 0.231. The van der Waals surface area contributed by atoms with E-state index in [9.17, 15) is 13.6 Å². The highest BCUT2D eigenvalue weighted by atomic mass is 19.1. The van der Waals surface area contributed by atoms with Crippen LogP contribution in [-0.4, -0.2) is 27.6 Å². The summed E-state index contributed by atoms with van der Waals surface area (Å²) < 4.78 is 27.2. The van der Waals surface area contributed by atoms with Crippen LogP contribution in [0.1, 0.15) is 31.2 Å². The Kier molecular flexibility index (Phi) is 5.75. The summed E-state index contributed by atoms with van der Waals surface area (Å²) in [5.41, 5.74) is 0.373. The molecule has 138 valence electrons. The predicted molar refractivity (Wildman–Crippen MR) is 92.5 cm³/mol. The van der Waals surface area contributed by atoms with Gasteiger partial charge in [0, 0.05) is 37.1 Å². The number of carboxylic acids is 1. The molecule has 1 aliphatic rings. The predicted octanol–water partition coefficient (Wildman–Crippen LogP) is 3.65. The van der Waals surface area contributed by atoms with E-state index in [-0.39, 0.29) is 18.4 Å². The van der Waals surface area contributed by atoms with Gasteiger partial charge in [0.1, 0.15) is 11.6 Å². The van der Waals surface area contributed by atoms with Gasteiger partial charge in [0.2, 0.25) is 5.95 Å². The quantitative estimate of drug-likeness (QED) is 0.851. The highest BCUT2D eigenvalue weighted by Gasteiger charge is 2.27. The lowest BCUT2D eigenvalue weighted by atomic mass is 9.82. The number of benzene rings is 1. The molecule has 2 aromatic rings. The molecule has 0 bridgehead atoms. The van der Waals surface area contributed by atoms with Gasteiger partial charge in [0.25, 0.3) is 0 Å². The summed E-state index contributed by atoms with van der Waals surface area (Å²) in [6.07, 6.45) is 6.14. The fourth-order valence-corrected chi connectivity index (χ4v) is 3.43. The van der Waals surface area contributed by atoms with Crippen LogP contribution in [0.2, 0.25) is 0 Å². The van der Waals surface area contributed by atoms with Crippen LogP contribution in [0.15, 0.2) is 36.7 Å². The fourth-order valence-electron chi connectivity index (χ4n) is 3.43. The van der Waals surface area contributed by atoms with Gasteiger partial charge in [-0.15, -0.1) is 0 Å². The molecule has 1 fully saturated rings. The van der Waals surface area contributed by atoms with Gasteiger partial charge in [-0.3, -0.25) is 4.79 Å². The molecule has 3 rings (SSSR count). The van der Waals surface area contributed by atoms with Crippen molar-refractivity contribution in [2.45, 2.75) is 32.2 Å². The third-order valence-electron chi connectivity index (χ3n) is 4.89. The number of carboxylic acid groups (broad SMARTS) is 1. The van der Waals surface area contributed by atoms with Crippen LogP contribution in [0.5, 0.6) is 0 Å². The Balaban J connectivity index is 1.73. The smallest absolute Gasteiger partial charge is 0.306 e. The lowest BCUT2D eigenvalue weighted by Crippen LogP contribution is -2.33. The van der Waals surface area contributed by atoms with E-state index in [1.807, 2.05) is 4.90 Å². The average molecular weight is 361 g/mol. The Bertz CT molecular complexity index is 750. The molecular formula is C19H21F2N3O2. The Morgan fingerprint density at radius 1 is 1.15 bits per heavy atom. The molecular weight excluding hydrogens is 340 g/mol. The van der Waals surface area contributed by atoms with Gasteiger partial charge in [-0.05, 0) is 43.7 Å². The number of halogens is 2. The van der Waals surface area contributed by atoms with Gasteiger partial charge in [-0.25, -0.2) is 18.7 Å². The average Bonchev–Trinajstić information content (AvgIpc) is 2.64. The minimum Gasteiger partial charge on any atom is -0.481 e. The Hall–Kier alpha value is -2.57. The van der Waals surface area contributed by atoms with Crippen molar-refractivity contribution in [3.05, 3.63) is 53.9 Å². The molecule has 5 nitrogen and oxygen atoms in total. The van der Waals surface area contributed by atoms with E-state index in [2.05, 4.69) is 9.97 Å². The summed E-state index contributed by atoms with van der Waals surface area (Å²) in [5, 5.41) is 9.13. The highest BCUT2D eigenvalue weighted by molar-refractivity contribution is 5.70. The standard InChI is InChI=1S/C19H21F2N3O2/c20-16-7-6-15(17(21)10-16)12-24(19-22-8-1-9-23-19)11-13-2-4-14(5-3-13)18(25)26/h1,6-10,13-14H,2-5,11-12H2,(H,25,26). The van der Waals surface area contributed by atoms with E-state index in [4.69, 9.17) is 5.11 Å². The highest BCUT2D eigenvalue weighted by Crippen LogP contribution is 2.30. The Morgan fingerprint density at radius 2 is 1.85 bits per heavy atom. The summed E-state index contributed by atoms with van der Waals surface area (Å²) >= 11 is 0. The lowest BCUT2D eigenvalue weighted by molar-refractivity contribution is -0.143. The molecule has 0 spiro atoms. The molecule has 1 aromatic carbocycles. The van der Waals surface area contributed by atoms with Gasteiger partial charge in [-0.1, -0.05) is 6.07 Å². The van der Waals surface area contributed by atoms with Gasteiger partial charge < -0.3 is 10.0 Å². The Morgan fingerprint density at radius 3 is 2.46 bits per heavy atom. The van der Waals surface area contributed by atoms with Crippen LogP contribution in [0.3, 0.4) is 0 Å². The van der Waals surface area contributed by atoms with Crippen molar-refractivity contribution in [1.29, 1.82) is 0 Å². The molecule has 1 aromatic heterocycles. The summed E-state index contributed by atoms with van der Waals surface area (Å²) in [6.45, 7) is 0.835. The number of aromatic nitrogens is 2. The molecule has 0 unspecified atom stereocenters. The third-order valence-corrected chi connectivity index (χ3v) is 4.89. The molecule has 0 saturated heterocycles. The maximum Gasteiger partial charge on any atom is 0.306 e. The van der Waals surface area contributed by atoms with E-state index in [0.717, 1.165) is 18.9 Å². The van der Waals surface area contributed by atoms with E-state index >= 15 is 0 Å². The maximum atomic E-state index is 14.1. The van der Waals surface area contributed by atoms with E-state index in [1.165, 1.54) is 12.1 Å². The number of hydrogen-bond acceptors (Lipinski definition) is 4. The topological polar surface area (TPSA) is 66.3 Å². The van der Waals surface area contributed by atoms with Crippen molar-refractivity contribution in [1.82, 2.24) is 9.97 Å². The molecule has 0 aliphatic heterocycles. The number of carbonyl (C=O) groups is 1. The number of aliphatic carboxylic acids is 1. The van der Waals surface area contributed by atoms with Crippen molar-refractivity contribution in [2.75, 3.05) is 11.4 Å². The second kappa shape index (κ2) is 8.21. The molecule has 1 saturated carbocycles. The summed E-state index contributed by atoms with van der Waals surface area (Å²) in [4.78, 5) is 21.5. The minimum atomic E-state index is -0.736. The van der Waals surface area contributed by atoms with E-state index in [1.54, 1.807) is 18.5 Å². The first-order chi connectivity index (χ1) is 12.5. The monoisotopic (exact) mass is 361 g/mol. The van der Waals surface area contributed by atoms with Gasteiger partial charge in [0.15, 0.2) is 0 Å². The maximum absolute atomic E-state index is 14.1. The van der Waals surface area contributed by atoms with Crippen LogP contribution >= 0.6 is 0 Å². The molecule has 1 N–H and O–H groups in total. The van der Waals surface area contributed by atoms with Crippen LogP contribution in [0.25, 0.3) is 0 Å². The van der Waals surface area contributed by atoms with Crippen LogP contribution in [-0.2, 0) is 11.3 Å². The van der Waals surface area contributed by atoms with Crippen molar-refractivity contribution in [3.63, 3.8) is 0 Å². The fraction of sp³-hybridized carbons (Fsp3) is 0.421. The molecule has 1 heterocycles. The largest absolute Gasteiger partial charge is 0.481 e. The lowest BCUT2D eigenvalue weighted by Gasteiger charge is -2.31. The summed E-state index contributed by atoms with van der Waals surface area (Å²) in [5.74, 6) is -1.45. The summed E-state index contributed by atoms with van der Waals surface area (Å²) in [6, 6.07) is 5.25. The molecule has 0 amide bonds. The zero-order valence-corrected chi connectivity index (χ0v) is 14.3. The second-order valence-electron chi connectivity index (χ2n) is 6.72. The first-order valence-corrected chi connectivity index (χ1v) is 8.71. The molecule has 7 heteroatoms. The first-order valence-electron chi connectivity index (χ1n) is 8.71. The van der Waals surface area contributed by atoms with Gasteiger partial charge in [0.05, 0.1) is 5.92 Å². The molecule has 0 radical (unpaired) electrons. The number of nitrogens with zero attached hydrogens (tertiary/aromatic N) is 3. The van der Waals surface area contributed by atoms with Crippen molar-refractivity contribution < 1.29 is 18.7 Å². The van der Waals surface area contributed by atoms with Gasteiger partial charge in [-0.2, -0.15) is 0 Å². The summed E-state index contributed by atoms with van der Waals surface area (Å²) in [7, 11) is 0. The second-order valence-corrected chi connectivity index (χ2v) is 6.72. The van der Waals surface area contributed by atoms with Gasteiger partial charge >= 0.3 is 5.97 Å². The number of hydrogen-bond donors (Lipinski definition) is 1. The first kappa shape index (κ1) is 18.2. The number of rotatable bonds is 6. The van der Waals surface area contributed by atoms with Crippen LogP contribution in [0, 0.1) is 23.5 Å². The van der Waals surface area contributed by atoms with Crippen molar-refractivity contribution in [3.8, 4) is 0 Å². The Labute approximate surface area is 150 Å². The molecule has 1 aliphatic carbocycles. The van der Waals surface area contributed by atoms with E-state index in [0.29, 0.717) is 30.9 Å². The van der Waals surface area contributed by atoms with Crippen molar-refractivity contribution >= 4 is 11.9 Å². The third kappa shape index (κ3) is 4.53. The number of anilines is 1. The molecule has 26 heavy (non-hydrogen) atoms. The van der Waals surface area contributed by atoms with Crippen LogP contribution < -0.4 is 4.90 Å². The van der Waals surface area contributed by atoms with Crippen molar-refractivity contribution in [2.24, 2.45) is 11.8 Å². The molecule has 0 atom stereocenters.